The van der Waals surface area contributed by atoms with E-state index in [2.05, 4.69) is 15.4 Å². The molecule has 1 N–H and O–H groups in total. The van der Waals surface area contributed by atoms with Gasteiger partial charge < -0.3 is 10.1 Å². The van der Waals surface area contributed by atoms with E-state index in [9.17, 15) is 4.39 Å². The van der Waals surface area contributed by atoms with Crippen molar-refractivity contribution in [1.82, 2.24) is 14.8 Å². The van der Waals surface area contributed by atoms with E-state index in [0.29, 0.717) is 0 Å². The van der Waals surface area contributed by atoms with Crippen LogP contribution in [0.15, 0.2) is 24.5 Å². The lowest BCUT2D eigenvalue weighted by atomic mass is 10.0. The highest BCUT2D eigenvalue weighted by Gasteiger charge is 2.23. The van der Waals surface area contributed by atoms with E-state index in [-0.39, 0.29) is 17.6 Å². The maximum atomic E-state index is 13.7. The number of hydrogen-bond donors (Lipinski definition) is 1. The monoisotopic (exact) mass is 248 g/mol. The van der Waals surface area contributed by atoms with Gasteiger partial charge in [-0.3, -0.25) is 0 Å². The molecule has 5 nitrogen and oxygen atoms in total. The van der Waals surface area contributed by atoms with Crippen molar-refractivity contribution in [3.05, 3.63) is 35.9 Å². The quantitative estimate of drug-likeness (QED) is 0.881. The highest BCUT2D eigenvalue weighted by Crippen LogP contribution is 2.29. The first-order chi connectivity index (χ1) is 8.79. The predicted octanol–water partition coefficient (Wildman–Crippen LogP) is 1.83. The van der Waals surface area contributed by atoms with Gasteiger partial charge in [-0.05, 0) is 24.1 Å². The molecule has 18 heavy (non-hydrogen) atoms. The first-order valence-corrected chi connectivity index (χ1v) is 5.76. The summed E-state index contributed by atoms with van der Waals surface area (Å²) < 4.78 is 20.4. The minimum atomic E-state index is -0.352. The molecule has 0 saturated heterocycles. The molecule has 0 spiro atoms. The van der Waals surface area contributed by atoms with Crippen LogP contribution in [0.5, 0.6) is 5.75 Å². The second-order valence-electron chi connectivity index (χ2n) is 4.15. The number of halogens is 1. The number of benzene rings is 1. The van der Waals surface area contributed by atoms with Crippen LogP contribution in [0.1, 0.15) is 18.0 Å². The number of nitrogens with zero attached hydrogens (tertiary/aromatic N) is 3. The molecule has 1 aliphatic heterocycles. The van der Waals surface area contributed by atoms with E-state index < -0.39 is 0 Å². The van der Waals surface area contributed by atoms with Crippen LogP contribution in [-0.4, -0.2) is 28.4 Å². The van der Waals surface area contributed by atoms with E-state index in [0.717, 1.165) is 24.5 Å². The maximum Gasteiger partial charge on any atom is 0.221 e. The van der Waals surface area contributed by atoms with Gasteiger partial charge in [0.2, 0.25) is 5.95 Å². The molecule has 94 valence electrons. The Morgan fingerprint density at radius 1 is 1.50 bits per heavy atom. The number of fused-ring (bicyclic) bond motifs is 1. The molecule has 0 aliphatic carbocycles. The van der Waals surface area contributed by atoms with Crippen LogP contribution in [0.3, 0.4) is 0 Å². The van der Waals surface area contributed by atoms with Crippen molar-refractivity contribution in [2.75, 3.05) is 19.0 Å². The molecule has 0 saturated carbocycles. The summed E-state index contributed by atoms with van der Waals surface area (Å²) in [4.78, 5) is 4.11. The van der Waals surface area contributed by atoms with Crippen molar-refractivity contribution in [2.45, 2.75) is 12.5 Å². The highest BCUT2D eigenvalue weighted by molar-refractivity contribution is 5.35. The molecule has 1 aromatic heterocycles. The van der Waals surface area contributed by atoms with Gasteiger partial charge in [0.05, 0.1) is 13.2 Å². The number of anilines is 1. The molecule has 1 unspecified atom stereocenters. The maximum absolute atomic E-state index is 13.7. The summed E-state index contributed by atoms with van der Waals surface area (Å²) in [5.74, 6) is 0.629. The van der Waals surface area contributed by atoms with Crippen LogP contribution in [0, 0.1) is 5.82 Å². The van der Waals surface area contributed by atoms with Gasteiger partial charge >= 0.3 is 0 Å². The zero-order chi connectivity index (χ0) is 12.5. The first kappa shape index (κ1) is 11.0. The van der Waals surface area contributed by atoms with Crippen LogP contribution in [0.25, 0.3) is 0 Å². The third-order valence-corrected chi connectivity index (χ3v) is 3.13. The Hall–Kier alpha value is -2.11. The fourth-order valence-corrected chi connectivity index (χ4v) is 2.25. The van der Waals surface area contributed by atoms with Gasteiger partial charge in [0.15, 0.2) is 11.6 Å². The fourth-order valence-electron chi connectivity index (χ4n) is 2.25. The zero-order valence-electron chi connectivity index (χ0n) is 9.93. The molecule has 0 fully saturated rings. The van der Waals surface area contributed by atoms with E-state index in [1.165, 1.54) is 19.5 Å². The Kier molecular flexibility index (Phi) is 2.62. The topological polar surface area (TPSA) is 52.0 Å². The smallest absolute Gasteiger partial charge is 0.221 e. The van der Waals surface area contributed by atoms with Gasteiger partial charge in [-0.25, -0.2) is 9.07 Å². The van der Waals surface area contributed by atoms with Crippen molar-refractivity contribution in [3.8, 4) is 5.75 Å². The predicted molar refractivity (Wildman–Crippen MR) is 64.2 cm³/mol. The fraction of sp³-hybridized carbons (Fsp3) is 0.333. The molecule has 3 rings (SSSR count). The number of rotatable bonds is 2. The molecule has 6 heteroatoms. The van der Waals surface area contributed by atoms with Gasteiger partial charge in [-0.2, -0.15) is 10.1 Å². The molecule has 1 aromatic carbocycles. The van der Waals surface area contributed by atoms with Crippen LogP contribution in [0.2, 0.25) is 0 Å². The number of hydrogen-bond acceptors (Lipinski definition) is 4. The third kappa shape index (κ3) is 1.70. The van der Waals surface area contributed by atoms with E-state index >= 15 is 0 Å². The number of nitrogens with one attached hydrogen (secondary N) is 1. The van der Waals surface area contributed by atoms with Crippen molar-refractivity contribution in [2.24, 2.45) is 0 Å². The van der Waals surface area contributed by atoms with E-state index in [4.69, 9.17) is 4.74 Å². The summed E-state index contributed by atoms with van der Waals surface area (Å²) in [6.07, 6.45) is 2.35. The summed E-state index contributed by atoms with van der Waals surface area (Å²) in [6, 6.07) is 5.02. The largest absolute Gasteiger partial charge is 0.494 e. The summed E-state index contributed by atoms with van der Waals surface area (Å²) >= 11 is 0. The molecule has 1 aliphatic rings. The molecular weight excluding hydrogens is 235 g/mol. The summed E-state index contributed by atoms with van der Waals surface area (Å²) in [7, 11) is 1.46. The normalized spacial score (nSPS) is 18.0. The average Bonchev–Trinajstić information content (AvgIpc) is 2.86. The van der Waals surface area contributed by atoms with Gasteiger partial charge in [0, 0.05) is 6.54 Å². The zero-order valence-corrected chi connectivity index (χ0v) is 9.93. The van der Waals surface area contributed by atoms with Crippen LogP contribution >= 0.6 is 0 Å². The van der Waals surface area contributed by atoms with Gasteiger partial charge in [0.25, 0.3) is 0 Å². The molecule has 2 heterocycles. The second kappa shape index (κ2) is 4.29. The van der Waals surface area contributed by atoms with Crippen molar-refractivity contribution in [3.63, 3.8) is 0 Å². The van der Waals surface area contributed by atoms with Gasteiger partial charge in [0.1, 0.15) is 6.33 Å². The van der Waals surface area contributed by atoms with E-state index in [1.54, 1.807) is 10.7 Å². The van der Waals surface area contributed by atoms with Crippen LogP contribution in [0.4, 0.5) is 10.3 Å². The SMILES string of the molecule is COc1ccc(C2CCNc3ncnn32)cc1F. The average molecular weight is 248 g/mol. The lowest BCUT2D eigenvalue weighted by Gasteiger charge is -2.24. The molecule has 0 bridgehead atoms. The molecule has 1 atom stereocenters. The Balaban J connectivity index is 2.00. The number of aromatic nitrogens is 3. The van der Waals surface area contributed by atoms with Gasteiger partial charge in [-0.15, -0.1) is 0 Å². The van der Waals surface area contributed by atoms with Crippen molar-refractivity contribution < 1.29 is 9.13 Å². The van der Waals surface area contributed by atoms with Gasteiger partial charge in [-0.1, -0.05) is 6.07 Å². The Labute approximate surface area is 104 Å². The Bertz CT molecular complexity index is 569. The first-order valence-electron chi connectivity index (χ1n) is 5.76. The highest BCUT2D eigenvalue weighted by atomic mass is 19.1. The molecular formula is C12H13FN4O. The molecule has 0 radical (unpaired) electrons. The third-order valence-electron chi connectivity index (χ3n) is 3.13. The van der Waals surface area contributed by atoms with Crippen LogP contribution < -0.4 is 10.1 Å². The minimum absolute atomic E-state index is 0.0177. The Morgan fingerprint density at radius 3 is 3.17 bits per heavy atom. The second-order valence-corrected chi connectivity index (χ2v) is 4.15. The summed E-state index contributed by atoms with van der Waals surface area (Å²) in [5.41, 5.74) is 0.876. The van der Waals surface area contributed by atoms with E-state index in [1.807, 2.05) is 6.07 Å². The molecule has 0 amide bonds. The number of methoxy groups -OCH3 is 1. The standard InChI is InChI=1S/C12H13FN4O/c1-18-11-3-2-8(6-9(11)13)10-4-5-14-12-15-7-16-17(10)12/h2-3,6-7,10H,4-5H2,1H3,(H,14,15,16). The van der Waals surface area contributed by atoms with Crippen molar-refractivity contribution in [1.29, 1.82) is 0 Å². The number of ether oxygens (including phenoxy) is 1. The summed E-state index contributed by atoms with van der Waals surface area (Å²) in [5, 5.41) is 7.33. The lowest BCUT2D eigenvalue weighted by molar-refractivity contribution is 0.384. The molecule has 2 aromatic rings. The lowest BCUT2D eigenvalue weighted by Crippen LogP contribution is -2.24. The Morgan fingerprint density at radius 2 is 2.39 bits per heavy atom. The van der Waals surface area contributed by atoms with Crippen molar-refractivity contribution >= 4 is 5.95 Å². The van der Waals surface area contributed by atoms with Crippen LogP contribution in [-0.2, 0) is 0 Å². The summed E-state index contributed by atoms with van der Waals surface area (Å²) in [6.45, 7) is 0.803. The minimum Gasteiger partial charge on any atom is -0.494 e.